The van der Waals surface area contributed by atoms with E-state index in [9.17, 15) is 18.0 Å². The van der Waals surface area contributed by atoms with E-state index in [1.54, 1.807) is 7.05 Å². The van der Waals surface area contributed by atoms with Gasteiger partial charge < -0.3 is 0 Å². The third-order valence-electron chi connectivity index (χ3n) is 6.22. The molecule has 1 amide bonds. The topological polar surface area (TPSA) is 44.7 Å². The van der Waals surface area contributed by atoms with E-state index >= 15 is 0 Å². The maximum Gasteiger partial charge on any atom is 0.399 e. The van der Waals surface area contributed by atoms with Gasteiger partial charge in [0.2, 0.25) is 0 Å². The van der Waals surface area contributed by atoms with Crippen LogP contribution in [0.3, 0.4) is 0 Å². The van der Waals surface area contributed by atoms with Gasteiger partial charge in [0, 0.05) is 10.0 Å². The average molecular weight is 535 g/mol. The van der Waals surface area contributed by atoms with Crippen molar-refractivity contribution in [2.45, 2.75) is 31.5 Å². The fourth-order valence-corrected chi connectivity index (χ4v) is 5.16. The molecule has 0 unspecified atom stereocenters. The Balaban J connectivity index is 1.81. The summed E-state index contributed by atoms with van der Waals surface area (Å²) in [7, 11) is 1.81. The van der Waals surface area contributed by atoms with Gasteiger partial charge >= 0.3 is 12.1 Å². The standard InChI is InChI=1S/C23H22Cl3F3N4O/c1-33(11-3-2-4-12-33)31-22(34)20-19(23(27,28)29)21(14-5-7-15(24)8-6-14)32(30-20)18-10-9-16(25)13-17(18)26/h5-10,13,19,21H,2-4,11-12H2,1H3/p+1/t19-,21-/m0/s1. The second kappa shape index (κ2) is 9.57. The molecule has 2 aromatic carbocycles. The van der Waals surface area contributed by atoms with Gasteiger partial charge in [-0.25, -0.2) is 4.59 Å². The third kappa shape index (κ3) is 5.15. The van der Waals surface area contributed by atoms with E-state index in [1.165, 1.54) is 42.5 Å². The van der Waals surface area contributed by atoms with E-state index in [-0.39, 0.29) is 15.3 Å². The summed E-state index contributed by atoms with van der Waals surface area (Å²) in [5.74, 6) is -3.03. The van der Waals surface area contributed by atoms with Crippen molar-refractivity contribution in [2.24, 2.45) is 11.0 Å². The Morgan fingerprint density at radius 1 is 1.03 bits per heavy atom. The van der Waals surface area contributed by atoms with Crippen LogP contribution in [-0.2, 0) is 4.79 Å². The Hall–Kier alpha value is -2.00. The number of benzene rings is 2. The number of likely N-dealkylation sites (tertiary alicyclic amines) is 1. The Kier molecular flexibility index (Phi) is 7.06. The zero-order valence-corrected chi connectivity index (χ0v) is 20.5. The molecule has 2 aromatic rings. The number of anilines is 1. The van der Waals surface area contributed by atoms with E-state index in [1.807, 2.05) is 0 Å². The zero-order chi connectivity index (χ0) is 24.7. The molecule has 4 rings (SSSR count). The number of halogens is 6. The largest absolute Gasteiger partial charge is 0.399 e. The molecule has 2 atom stereocenters. The normalized spacial score (nSPS) is 22.4. The number of hydrazone groups is 1. The highest BCUT2D eigenvalue weighted by molar-refractivity contribution is 6.41. The number of amides is 1. The van der Waals surface area contributed by atoms with Crippen LogP contribution < -0.4 is 10.4 Å². The van der Waals surface area contributed by atoms with Crippen LogP contribution in [0.15, 0.2) is 47.6 Å². The minimum atomic E-state index is -4.76. The van der Waals surface area contributed by atoms with Crippen LogP contribution in [-0.4, -0.2) is 42.5 Å². The molecule has 2 heterocycles. The molecule has 0 radical (unpaired) electrons. The summed E-state index contributed by atoms with van der Waals surface area (Å²) in [5.41, 5.74) is 2.68. The Morgan fingerprint density at radius 3 is 2.24 bits per heavy atom. The van der Waals surface area contributed by atoms with E-state index < -0.39 is 29.8 Å². The number of rotatable bonds is 4. The number of alkyl halides is 3. The van der Waals surface area contributed by atoms with Crippen LogP contribution in [0.2, 0.25) is 15.1 Å². The van der Waals surface area contributed by atoms with Crippen molar-refractivity contribution >= 4 is 52.1 Å². The highest BCUT2D eigenvalue weighted by Gasteiger charge is 2.57. The quantitative estimate of drug-likeness (QED) is 0.461. The van der Waals surface area contributed by atoms with Crippen molar-refractivity contribution in [1.82, 2.24) is 5.43 Å². The Bertz CT molecular complexity index is 1100. The van der Waals surface area contributed by atoms with Crippen LogP contribution in [0.4, 0.5) is 18.9 Å². The molecule has 34 heavy (non-hydrogen) atoms. The predicted molar refractivity (Wildman–Crippen MR) is 128 cm³/mol. The predicted octanol–water partition coefficient (Wildman–Crippen LogP) is 6.40. The summed E-state index contributed by atoms with van der Waals surface area (Å²) < 4.78 is 43.8. The van der Waals surface area contributed by atoms with Crippen LogP contribution in [0, 0.1) is 5.92 Å². The highest BCUT2D eigenvalue weighted by Crippen LogP contribution is 2.48. The van der Waals surface area contributed by atoms with Gasteiger partial charge in [0.05, 0.1) is 23.8 Å². The van der Waals surface area contributed by atoms with E-state index in [2.05, 4.69) is 10.5 Å². The summed E-state index contributed by atoms with van der Waals surface area (Å²) in [4.78, 5) is 13.3. The number of quaternary nitrogens is 1. The van der Waals surface area contributed by atoms with Gasteiger partial charge in [0.1, 0.15) is 24.7 Å². The van der Waals surface area contributed by atoms with Gasteiger partial charge in [-0.15, -0.1) is 0 Å². The number of carbonyl (C=O) groups is 1. The number of piperidine rings is 1. The van der Waals surface area contributed by atoms with Crippen LogP contribution in [0.1, 0.15) is 30.9 Å². The van der Waals surface area contributed by atoms with Gasteiger partial charge in [-0.3, -0.25) is 9.80 Å². The first kappa shape index (κ1) is 25.1. The van der Waals surface area contributed by atoms with Gasteiger partial charge in [0.25, 0.3) is 0 Å². The van der Waals surface area contributed by atoms with Gasteiger partial charge in [-0.1, -0.05) is 46.9 Å². The molecule has 11 heteroatoms. The van der Waals surface area contributed by atoms with E-state index in [0.717, 1.165) is 24.3 Å². The third-order valence-corrected chi connectivity index (χ3v) is 7.01. The summed E-state index contributed by atoms with van der Waals surface area (Å²) in [6, 6.07) is 9.07. The second-order valence-corrected chi connectivity index (χ2v) is 10.1. The molecule has 0 bridgehead atoms. The second-order valence-electron chi connectivity index (χ2n) is 8.79. The molecule has 182 valence electrons. The SMILES string of the molecule is C[N+]1(NC(=O)C2=NN(c3ccc(Cl)cc3Cl)[C@@H](c3ccc(Cl)cc3)[C@H]2C(F)(F)F)CCCCC1. The monoisotopic (exact) mass is 533 g/mol. The maximum atomic E-state index is 14.5. The Labute approximate surface area is 210 Å². The number of carbonyl (C=O) groups excluding carboxylic acids is 1. The van der Waals surface area contributed by atoms with Crippen molar-refractivity contribution in [3.8, 4) is 0 Å². The molecular formula is C23H23Cl3F3N4O+. The number of nitrogens with zero attached hydrogens (tertiary/aromatic N) is 3. The molecule has 5 nitrogen and oxygen atoms in total. The lowest BCUT2D eigenvalue weighted by atomic mass is 9.88. The van der Waals surface area contributed by atoms with Crippen molar-refractivity contribution in [3.63, 3.8) is 0 Å². The molecule has 0 spiro atoms. The molecular weight excluding hydrogens is 512 g/mol. The van der Waals surface area contributed by atoms with Gasteiger partial charge in [0.15, 0.2) is 0 Å². The van der Waals surface area contributed by atoms with Crippen molar-refractivity contribution in [1.29, 1.82) is 0 Å². The first-order valence-corrected chi connectivity index (χ1v) is 11.9. The number of nitrogens with one attached hydrogen (secondary N) is 1. The van der Waals surface area contributed by atoms with Crippen molar-refractivity contribution < 1.29 is 22.6 Å². The summed E-state index contributed by atoms with van der Waals surface area (Å²) in [6.45, 7) is 1.28. The molecule has 1 fully saturated rings. The Morgan fingerprint density at radius 2 is 1.65 bits per heavy atom. The van der Waals surface area contributed by atoms with Crippen molar-refractivity contribution in [2.75, 3.05) is 25.1 Å². The molecule has 1 N–H and O–H groups in total. The lowest BCUT2D eigenvalue weighted by Gasteiger charge is -2.36. The minimum absolute atomic E-state index is 0.118. The fourth-order valence-electron chi connectivity index (χ4n) is 4.54. The van der Waals surface area contributed by atoms with Crippen molar-refractivity contribution in [3.05, 3.63) is 63.1 Å². The maximum absolute atomic E-state index is 14.5. The first-order chi connectivity index (χ1) is 16.0. The smallest absolute Gasteiger partial charge is 0.263 e. The lowest BCUT2D eigenvalue weighted by Crippen LogP contribution is -2.61. The first-order valence-electron chi connectivity index (χ1n) is 10.8. The number of hydrogen-bond donors (Lipinski definition) is 1. The molecule has 0 saturated carbocycles. The molecule has 0 aliphatic carbocycles. The number of hydrogen-bond acceptors (Lipinski definition) is 3. The van der Waals surface area contributed by atoms with Gasteiger partial charge in [-0.05, 0) is 55.2 Å². The molecule has 1 saturated heterocycles. The highest BCUT2D eigenvalue weighted by atomic mass is 35.5. The molecule has 0 aromatic heterocycles. The lowest BCUT2D eigenvalue weighted by molar-refractivity contribution is -0.947. The molecule has 2 aliphatic rings. The van der Waals surface area contributed by atoms with Crippen LogP contribution in [0.5, 0.6) is 0 Å². The minimum Gasteiger partial charge on any atom is -0.263 e. The summed E-state index contributed by atoms with van der Waals surface area (Å²) >= 11 is 18.3. The van der Waals surface area contributed by atoms with Crippen LogP contribution in [0.25, 0.3) is 0 Å². The zero-order valence-electron chi connectivity index (χ0n) is 18.2. The van der Waals surface area contributed by atoms with E-state index in [4.69, 9.17) is 34.8 Å². The fraction of sp³-hybridized carbons (Fsp3) is 0.391. The van der Waals surface area contributed by atoms with Gasteiger partial charge in [-0.2, -0.15) is 23.7 Å². The van der Waals surface area contributed by atoms with E-state index in [0.29, 0.717) is 28.7 Å². The molecule has 2 aliphatic heterocycles. The summed E-state index contributed by atoms with van der Waals surface area (Å²) in [6.07, 6.45) is -1.97. The summed E-state index contributed by atoms with van der Waals surface area (Å²) in [5, 5.41) is 6.20. The average Bonchev–Trinajstić information content (AvgIpc) is 3.15. The van der Waals surface area contributed by atoms with Crippen LogP contribution >= 0.6 is 34.8 Å².